The van der Waals surface area contributed by atoms with Crippen LogP contribution in [0.15, 0.2) is 23.1 Å². The van der Waals surface area contributed by atoms with Crippen LogP contribution in [0.1, 0.15) is 37.0 Å². The Hall–Kier alpha value is -1.47. The molecule has 1 N–H and O–H groups in total. The summed E-state index contributed by atoms with van der Waals surface area (Å²) < 4.78 is 38.7. The van der Waals surface area contributed by atoms with Crippen molar-refractivity contribution in [3.8, 4) is 0 Å². The zero-order valence-electron chi connectivity index (χ0n) is 12.7. The van der Waals surface area contributed by atoms with Crippen molar-refractivity contribution in [3.05, 3.63) is 29.6 Å². The van der Waals surface area contributed by atoms with E-state index in [1.807, 2.05) is 13.8 Å². The van der Waals surface area contributed by atoms with Gasteiger partial charge in [-0.3, -0.25) is 4.79 Å². The summed E-state index contributed by atoms with van der Waals surface area (Å²) in [6.07, 6.45) is 1.54. The lowest BCUT2D eigenvalue weighted by Crippen LogP contribution is -2.34. The van der Waals surface area contributed by atoms with Crippen molar-refractivity contribution in [2.75, 3.05) is 14.1 Å². The molecule has 0 aliphatic carbocycles. The molecule has 1 amide bonds. The predicted molar refractivity (Wildman–Crippen MR) is 79.1 cm³/mol. The van der Waals surface area contributed by atoms with Gasteiger partial charge in [0, 0.05) is 25.7 Å². The molecule has 1 rings (SSSR count). The van der Waals surface area contributed by atoms with Gasteiger partial charge in [0.15, 0.2) is 0 Å². The highest BCUT2D eigenvalue weighted by atomic mass is 32.2. The zero-order valence-corrected chi connectivity index (χ0v) is 13.5. The normalized spacial score (nSPS) is 12.0. The highest BCUT2D eigenvalue weighted by Gasteiger charge is 2.23. The van der Waals surface area contributed by atoms with E-state index in [-0.39, 0.29) is 11.6 Å². The molecule has 0 bridgehead atoms. The minimum absolute atomic E-state index is 0.0106. The third-order valence-corrected chi connectivity index (χ3v) is 5.10. The number of rotatable bonds is 6. The van der Waals surface area contributed by atoms with E-state index < -0.39 is 26.6 Å². The molecular weight excluding hydrogens is 295 g/mol. The lowest BCUT2D eigenvalue weighted by Gasteiger charge is -2.16. The number of nitrogens with one attached hydrogen (secondary N) is 1. The van der Waals surface area contributed by atoms with Crippen LogP contribution < -0.4 is 5.32 Å². The monoisotopic (exact) mass is 316 g/mol. The van der Waals surface area contributed by atoms with Crippen LogP contribution in [0.4, 0.5) is 4.39 Å². The van der Waals surface area contributed by atoms with Crippen LogP contribution in [0.25, 0.3) is 0 Å². The van der Waals surface area contributed by atoms with Gasteiger partial charge in [-0.1, -0.05) is 13.8 Å². The minimum Gasteiger partial charge on any atom is -0.349 e. The summed E-state index contributed by atoms with van der Waals surface area (Å²) in [6.45, 7) is 3.89. The van der Waals surface area contributed by atoms with Crippen molar-refractivity contribution in [3.63, 3.8) is 0 Å². The van der Waals surface area contributed by atoms with Crippen molar-refractivity contribution in [1.29, 1.82) is 0 Å². The molecule has 0 unspecified atom stereocenters. The third kappa shape index (κ3) is 4.01. The van der Waals surface area contributed by atoms with E-state index in [4.69, 9.17) is 0 Å². The highest BCUT2D eigenvalue weighted by molar-refractivity contribution is 7.89. The van der Waals surface area contributed by atoms with Crippen molar-refractivity contribution in [2.24, 2.45) is 0 Å². The summed E-state index contributed by atoms with van der Waals surface area (Å²) in [7, 11) is -1.30. The molecule has 0 spiro atoms. The Bertz CT molecular complexity index is 611. The Kier molecular flexibility index (Phi) is 5.86. The van der Waals surface area contributed by atoms with Gasteiger partial charge < -0.3 is 5.32 Å². The van der Waals surface area contributed by atoms with Gasteiger partial charge in [-0.25, -0.2) is 17.1 Å². The topological polar surface area (TPSA) is 66.5 Å². The summed E-state index contributed by atoms with van der Waals surface area (Å²) in [4.78, 5) is 11.6. The predicted octanol–water partition coefficient (Wildman–Crippen LogP) is 1.99. The van der Waals surface area contributed by atoms with Crippen LogP contribution in [0.2, 0.25) is 0 Å². The molecule has 0 aliphatic rings. The summed E-state index contributed by atoms with van der Waals surface area (Å²) in [5.74, 6) is -1.28. The second-order valence-electron chi connectivity index (χ2n) is 4.92. The van der Waals surface area contributed by atoms with Crippen molar-refractivity contribution in [1.82, 2.24) is 9.62 Å². The van der Waals surface area contributed by atoms with Crippen LogP contribution >= 0.6 is 0 Å². The number of halogens is 1. The molecule has 0 saturated carbocycles. The maximum Gasteiger partial charge on any atom is 0.251 e. The van der Waals surface area contributed by atoms with E-state index in [1.54, 1.807) is 0 Å². The molecular formula is C14H21FN2O3S. The van der Waals surface area contributed by atoms with Crippen molar-refractivity contribution >= 4 is 15.9 Å². The van der Waals surface area contributed by atoms with Gasteiger partial charge in [-0.05, 0) is 31.0 Å². The van der Waals surface area contributed by atoms with Gasteiger partial charge in [0.2, 0.25) is 10.0 Å². The van der Waals surface area contributed by atoms with Crippen LogP contribution in [0.5, 0.6) is 0 Å². The molecule has 1 aromatic carbocycles. The standard InChI is InChI=1S/C14H21FN2O3S/c1-5-11(6-2)16-14(18)10-7-8-12(15)13(9-10)21(19,20)17(3)4/h7-9,11H,5-6H2,1-4H3,(H,16,18). The van der Waals surface area contributed by atoms with Gasteiger partial charge in [0.1, 0.15) is 10.7 Å². The Morgan fingerprint density at radius 1 is 1.29 bits per heavy atom. The molecule has 5 nitrogen and oxygen atoms in total. The van der Waals surface area contributed by atoms with Crippen LogP contribution in [0, 0.1) is 5.82 Å². The summed E-state index contributed by atoms with van der Waals surface area (Å²) in [5, 5.41) is 2.79. The fourth-order valence-corrected chi connectivity index (χ4v) is 2.78. The molecule has 0 saturated heterocycles. The van der Waals surface area contributed by atoms with Gasteiger partial charge in [-0.2, -0.15) is 0 Å². The fourth-order valence-electron chi connectivity index (χ4n) is 1.80. The van der Waals surface area contributed by atoms with E-state index in [0.717, 1.165) is 29.3 Å². The molecule has 0 aromatic heterocycles. The average molecular weight is 316 g/mol. The van der Waals surface area contributed by atoms with Crippen LogP contribution in [0.3, 0.4) is 0 Å². The first kappa shape index (κ1) is 17.6. The quantitative estimate of drug-likeness (QED) is 0.873. The molecule has 0 heterocycles. The maximum atomic E-state index is 13.7. The number of hydrogen-bond donors (Lipinski definition) is 1. The van der Waals surface area contributed by atoms with Gasteiger partial charge in [0.05, 0.1) is 0 Å². The Labute approximate surface area is 125 Å². The first-order chi connectivity index (χ1) is 9.73. The molecule has 118 valence electrons. The lowest BCUT2D eigenvalue weighted by molar-refractivity contribution is 0.0934. The van der Waals surface area contributed by atoms with E-state index in [2.05, 4.69) is 5.32 Å². The first-order valence-electron chi connectivity index (χ1n) is 6.76. The maximum absolute atomic E-state index is 13.7. The second kappa shape index (κ2) is 7.00. The number of sulfonamides is 1. The van der Waals surface area contributed by atoms with E-state index in [9.17, 15) is 17.6 Å². The van der Waals surface area contributed by atoms with Gasteiger partial charge in [-0.15, -0.1) is 0 Å². The van der Waals surface area contributed by atoms with E-state index in [1.165, 1.54) is 20.2 Å². The minimum atomic E-state index is -3.92. The number of hydrogen-bond acceptors (Lipinski definition) is 3. The first-order valence-corrected chi connectivity index (χ1v) is 8.21. The van der Waals surface area contributed by atoms with Crippen molar-refractivity contribution < 1.29 is 17.6 Å². The Morgan fingerprint density at radius 3 is 2.33 bits per heavy atom. The largest absolute Gasteiger partial charge is 0.349 e. The average Bonchev–Trinajstić information content (AvgIpc) is 2.44. The third-order valence-electron chi connectivity index (χ3n) is 3.27. The summed E-state index contributed by atoms with van der Waals surface area (Å²) in [6, 6.07) is 3.36. The van der Waals surface area contributed by atoms with Crippen molar-refractivity contribution in [2.45, 2.75) is 37.6 Å². The number of carbonyl (C=O) groups excluding carboxylic acids is 1. The SMILES string of the molecule is CCC(CC)NC(=O)c1ccc(F)c(S(=O)(=O)N(C)C)c1. The molecule has 0 aliphatic heterocycles. The van der Waals surface area contributed by atoms with Crippen LogP contribution in [-0.4, -0.2) is 38.8 Å². The number of benzene rings is 1. The lowest BCUT2D eigenvalue weighted by atomic mass is 10.1. The van der Waals surface area contributed by atoms with Gasteiger partial charge >= 0.3 is 0 Å². The van der Waals surface area contributed by atoms with Gasteiger partial charge in [0.25, 0.3) is 5.91 Å². The summed E-state index contributed by atoms with van der Waals surface area (Å²) >= 11 is 0. The Balaban J connectivity index is 3.16. The summed E-state index contributed by atoms with van der Waals surface area (Å²) in [5.41, 5.74) is 0.128. The van der Waals surface area contributed by atoms with E-state index in [0.29, 0.717) is 0 Å². The molecule has 0 atom stereocenters. The number of nitrogens with zero attached hydrogens (tertiary/aromatic N) is 1. The fraction of sp³-hybridized carbons (Fsp3) is 0.500. The highest BCUT2D eigenvalue weighted by Crippen LogP contribution is 2.19. The molecule has 0 fully saturated rings. The second-order valence-corrected chi connectivity index (χ2v) is 7.04. The molecule has 1 aromatic rings. The van der Waals surface area contributed by atoms with Crippen LogP contribution in [-0.2, 0) is 10.0 Å². The Morgan fingerprint density at radius 2 is 1.86 bits per heavy atom. The molecule has 7 heteroatoms. The molecule has 21 heavy (non-hydrogen) atoms. The number of carbonyl (C=O) groups is 1. The smallest absolute Gasteiger partial charge is 0.251 e. The zero-order chi connectivity index (χ0) is 16.2. The number of amides is 1. The van der Waals surface area contributed by atoms with E-state index >= 15 is 0 Å². The molecule has 0 radical (unpaired) electrons.